The van der Waals surface area contributed by atoms with Crippen molar-refractivity contribution in [1.29, 1.82) is 0 Å². The lowest BCUT2D eigenvalue weighted by Gasteiger charge is -2.30. The summed E-state index contributed by atoms with van der Waals surface area (Å²) in [6.07, 6.45) is 79.1. The van der Waals surface area contributed by atoms with Gasteiger partial charge in [-0.2, -0.15) is 0 Å². The lowest BCUT2D eigenvalue weighted by Crippen LogP contribution is -2.47. The molecule has 0 saturated carbocycles. The van der Waals surface area contributed by atoms with Crippen LogP contribution in [0.5, 0.6) is 0 Å². The Hall–Kier alpha value is -2.55. The molecule has 10 heteroatoms. The molecule has 0 saturated heterocycles. The van der Waals surface area contributed by atoms with Gasteiger partial charge in [-0.05, 0) is 70.3 Å². The summed E-state index contributed by atoms with van der Waals surface area (Å²) in [6, 6.07) is -0.919. The Bertz CT molecular complexity index is 1620. The number of nitrogens with one attached hydrogen (secondary N) is 1. The Balaban J connectivity index is 5.03. The quantitative estimate of drug-likeness (QED) is 0.0212. The highest BCUT2D eigenvalue weighted by molar-refractivity contribution is 7.45. The van der Waals surface area contributed by atoms with Crippen LogP contribution >= 0.6 is 7.82 Å². The van der Waals surface area contributed by atoms with Gasteiger partial charge < -0.3 is 28.5 Å². The van der Waals surface area contributed by atoms with Crippen LogP contribution in [-0.2, 0) is 27.9 Å². The topological polar surface area (TPSA) is 114 Å². The normalized spacial score (nSPS) is 14.0. The minimum Gasteiger partial charge on any atom is -0.756 e. The van der Waals surface area contributed by atoms with E-state index < -0.39 is 26.6 Å². The van der Waals surface area contributed by atoms with Crippen LogP contribution in [0, 0.1) is 0 Å². The number of phosphoric ester groups is 1. The predicted molar refractivity (Wildman–Crippen MR) is 348 cm³/mol. The van der Waals surface area contributed by atoms with Crippen molar-refractivity contribution in [3.63, 3.8) is 0 Å². The lowest BCUT2D eigenvalue weighted by molar-refractivity contribution is -0.870. The van der Waals surface area contributed by atoms with Crippen molar-refractivity contribution in [2.45, 2.75) is 328 Å². The SMILES string of the molecule is CC/C=C\C/C=C\C/C=C\C/C=C\C/C=C\CCCC(=O)NC(COP(=O)([O-])OCC[N+](C)(C)C)C(/C=C\CCCCCCCCCCC)OC(=O)CCCCCCCCCCCCCCCCCCCCCCCCCCCCC. The molecule has 0 rings (SSSR count). The van der Waals surface area contributed by atoms with E-state index in [1.165, 1.54) is 199 Å². The zero-order valence-electron chi connectivity index (χ0n) is 54.0. The fraction of sp³-hybridized carbons (Fsp3) is 0.803. The van der Waals surface area contributed by atoms with Crippen LogP contribution < -0.4 is 10.2 Å². The molecule has 0 bridgehead atoms. The Kier molecular flexibility index (Phi) is 58.7. The molecule has 9 nitrogen and oxygen atoms in total. The number of carbonyl (C=O) groups is 2. The fourth-order valence-electron chi connectivity index (χ4n) is 9.91. The van der Waals surface area contributed by atoms with Crippen molar-refractivity contribution in [1.82, 2.24) is 5.32 Å². The van der Waals surface area contributed by atoms with E-state index in [2.05, 4.69) is 86.8 Å². The summed E-state index contributed by atoms with van der Waals surface area (Å²) in [5, 5.41) is 3.00. The van der Waals surface area contributed by atoms with Gasteiger partial charge in [-0.15, -0.1) is 0 Å². The van der Waals surface area contributed by atoms with E-state index in [4.69, 9.17) is 13.8 Å². The predicted octanol–water partition coefficient (Wildman–Crippen LogP) is 20.9. The lowest BCUT2D eigenvalue weighted by atomic mass is 10.0. The highest BCUT2D eigenvalue weighted by Gasteiger charge is 2.27. The molecule has 0 aromatic rings. The molecule has 0 aliphatic heterocycles. The number of rotatable bonds is 62. The second-order valence-electron chi connectivity index (χ2n) is 24.3. The molecule has 81 heavy (non-hydrogen) atoms. The van der Waals surface area contributed by atoms with Gasteiger partial charge in [0.25, 0.3) is 7.82 Å². The maximum atomic E-state index is 13.5. The summed E-state index contributed by atoms with van der Waals surface area (Å²) in [4.78, 5) is 40.0. The first-order chi connectivity index (χ1) is 39.4. The van der Waals surface area contributed by atoms with Crippen LogP contribution in [0.4, 0.5) is 0 Å². The van der Waals surface area contributed by atoms with Gasteiger partial charge >= 0.3 is 5.97 Å². The molecular formula is C71H131N2O7P. The van der Waals surface area contributed by atoms with Crippen LogP contribution in [0.25, 0.3) is 0 Å². The minimum atomic E-state index is -4.72. The third-order valence-electron chi connectivity index (χ3n) is 15.2. The second kappa shape index (κ2) is 60.6. The Labute approximate surface area is 502 Å². The highest BCUT2D eigenvalue weighted by Crippen LogP contribution is 2.38. The molecule has 0 heterocycles. The van der Waals surface area contributed by atoms with Crippen LogP contribution in [0.3, 0.4) is 0 Å². The van der Waals surface area contributed by atoms with Crippen LogP contribution in [0.15, 0.2) is 72.9 Å². The van der Waals surface area contributed by atoms with Gasteiger partial charge in [-0.1, -0.05) is 306 Å². The van der Waals surface area contributed by atoms with E-state index in [1.54, 1.807) is 0 Å². The molecule has 0 aromatic carbocycles. The van der Waals surface area contributed by atoms with E-state index >= 15 is 0 Å². The monoisotopic (exact) mass is 1150 g/mol. The molecule has 472 valence electrons. The average molecular weight is 1160 g/mol. The molecule has 0 fully saturated rings. The number of quaternary nitrogens is 1. The first kappa shape index (κ1) is 78.5. The van der Waals surface area contributed by atoms with Crippen molar-refractivity contribution < 1.29 is 37.3 Å². The molecule has 0 radical (unpaired) electrons. The van der Waals surface area contributed by atoms with E-state index in [9.17, 15) is 19.0 Å². The molecule has 3 unspecified atom stereocenters. The van der Waals surface area contributed by atoms with Crippen molar-refractivity contribution in [3.8, 4) is 0 Å². The summed E-state index contributed by atoms with van der Waals surface area (Å²) in [5.41, 5.74) is 0. The van der Waals surface area contributed by atoms with E-state index in [-0.39, 0.29) is 31.3 Å². The summed E-state index contributed by atoms with van der Waals surface area (Å²) >= 11 is 0. The second-order valence-corrected chi connectivity index (χ2v) is 25.7. The Morgan fingerprint density at radius 1 is 0.444 bits per heavy atom. The van der Waals surface area contributed by atoms with E-state index in [0.717, 1.165) is 77.0 Å². The maximum absolute atomic E-state index is 13.5. The third-order valence-corrected chi connectivity index (χ3v) is 16.1. The minimum absolute atomic E-state index is 0.0339. The summed E-state index contributed by atoms with van der Waals surface area (Å²) < 4.78 is 30.3. The molecule has 3 atom stereocenters. The Morgan fingerprint density at radius 2 is 0.802 bits per heavy atom. The number of ether oxygens (including phenoxy) is 1. The van der Waals surface area contributed by atoms with Gasteiger partial charge in [-0.3, -0.25) is 14.2 Å². The van der Waals surface area contributed by atoms with Gasteiger partial charge in [-0.25, -0.2) is 0 Å². The van der Waals surface area contributed by atoms with Crippen molar-refractivity contribution in [2.24, 2.45) is 0 Å². The van der Waals surface area contributed by atoms with Gasteiger partial charge in [0.15, 0.2) is 0 Å². The number of nitrogens with zero attached hydrogens (tertiary/aromatic N) is 1. The number of likely N-dealkylation sites (N-methyl/N-ethyl adjacent to an activating group) is 1. The highest BCUT2D eigenvalue weighted by atomic mass is 31.2. The molecule has 0 aliphatic rings. The van der Waals surface area contributed by atoms with Gasteiger partial charge in [0.2, 0.25) is 5.91 Å². The fourth-order valence-corrected chi connectivity index (χ4v) is 10.6. The van der Waals surface area contributed by atoms with Crippen LogP contribution in [0.1, 0.15) is 316 Å². The van der Waals surface area contributed by atoms with E-state index in [0.29, 0.717) is 17.4 Å². The number of esters is 1. The summed E-state index contributed by atoms with van der Waals surface area (Å²) in [7, 11) is 1.15. The Morgan fingerprint density at radius 3 is 1.20 bits per heavy atom. The maximum Gasteiger partial charge on any atom is 0.306 e. The number of amides is 1. The summed E-state index contributed by atoms with van der Waals surface area (Å²) in [6.45, 7) is 6.71. The van der Waals surface area contributed by atoms with Crippen molar-refractivity contribution >= 4 is 19.7 Å². The first-order valence-electron chi connectivity index (χ1n) is 34.2. The standard InChI is InChI=1S/C71H131N2O7P/c1-7-10-13-16-19-22-25-27-29-31-32-33-34-35-36-37-38-39-40-42-44-46-49-52-55-58-61-64-71(75)80-69(62-59-56-53-50-47-24-21-18-15-12-9-3)68(67-79-81(76,77)78-66-65-73(4,5)6)72-70(74)63-60-57-54-51-48-45-43-41-30-28-26-23-20-17-14-11-8-2/h11,14,20,23,28,30,43,45,51,54,59,62,68-69H,7-10,12-13,15-19,21-22,24-27,29,31-42,44,46-50,52-53,55-58,60-61,63-67H2,1-6H3,(H-,72,74,76,77)/b14-11-,23-20-,30-28-,45-43-,54-51-,62-59-. The molecule has 1 N–H and O–H groups in total. The van der Waals surface area contributed by atoms with Crippen LogP contribution in [0.2, 0.25) is 0 Å². The van der Waals surface area contributed by atoms with Gasteiger partial charge in [0, 0.05) is 12.8 Å². The first-order valence-corrected chi connectivity index (χ1v) is 35.7. The zero-order chi connectivity index (χ0) is 59.3. The molecule has 1 amide bonds. The number of allylic oxidation sites excluding steroid dienone is 11. The number of hydrogen-bond acceptors (Lipinski definition) is 7. The van der Waals surface area contributed by atoms with Gasteiger partial charge in [0.05, 0.1) is 33.8 Å². The largest absolute Gasteiger partial charge is 0.756 e. The molecule has 0 spiro atoms. The van der Waals surface area contributed by atoms with Crippen molar-refractivity contribution in [2.75, 3.05) is 40.9 Å². The van der Waals surface area contributed by atoms with Gasteiger partial charge in [0.1, 0.15) is 19.3 Å². The number of unbranched alkanes of at least 4 members (excludes halogenated alkanes) is 36. The number of carbonyl (C=O) groups excluding carboxylic acids is 2. The number of hydrogen-bond donors (Lipinski definition) is 1. The smallest absolute Gasteiger partial charge is 0.306 e. The van der Waals surface area contributed by atoms with Crippen LogP contribution in [-0.4, -0.2) is 69.4 Å². The third kappa shape index (κ3) is 61.8. The molecule has 0 aromatic heterocycles. The summed E-state index contributed by atoms with van der Waals surface area (Å²) in [5.74, 6) is -0.601. The van der Waals surface area contributed by atoms with E-state index in [1.807, 2.05) is 33.3 Å². The average Bonchev–Trinajstić information content (AvgIpc) is 3.44. The molecule has 0 aliphatic carbocycles. The zero-order valence-corrected chi connectivity index (χ0v) is 54.9. The molecular weight excluding hydrogens is 1020 g/mol. The van der Waals surface area contributed by atoms with Crippen molar-refractivity contribution in [3.05, 3.63) is 72.9 Å². The number of phosphoric acid groups is 1.